The van der Waals surface area contributed by atoms with Crippen LogP contribution in [0.2, 0.25) is 5.02 Å². The predicted octanol–water partition coefficient (Wildman–Crippen LogP) is 2.99. The van der Waals surface area contributed by atoms with E-state index in [0.717, 1.165) is 30.4 Å². The molecule has 0 amide bonds. The van der Waals surface area contributed by atoms with Gasteiger partial charge in [0.15, 0.2) is 5.82 Å². The van der Waals surface area contributed by atoms with Gasteiger partial charge in [-0.2, -0.15) is 0 Å². The zero-order valence-corrected chi connectivity index (χ0v) is 13.7. The maximum Gasteiger partial charge on any atom is 0.163 e. The lowest BCUT2D eigenvalue weighted by Crippen LogP contribution is -2.41. The minimum absolute atomic E-state index is 0.0254. The highest BCUT2D eigenvalue weighted by atomic mass is 35.5. The Labute approximate surface area is 135 Å². The third-order valence-electron chi connectivity index (χ3n) is 4.21. The minimum atomic E-state index is -0.0254. The Bertz CT molecular complexity index is 613. The van der Waals surface area contributed by atoms with Gasteiger partial charge in [0.05, 0.1) is 6.61 Å². The summed E-state index contributed by atoms with van der Waals surface area (Å²) in [5, 5.41) is 8.92. The van der Waals surface area contributed by atoms with Crippen LogP contribution in [0.5, 0.6) is 0 Å². The molecule has 5 nitrogen and oxygen atoms in total. The van der Waals surface area contributed by atoms with Crippen molar-refractivity contribution in [2.24, 2.45) is 7.05 Å². The Morgan fingerprint density at radius 3 is 2.77 bits per heavy atom. The molecule has 1 aromatic carbocycles. The molecule has 2 aromatic rings. The molecule has 0 spiro atoms. The molecule has 1 fully saturated rings. The first kappa shape index (κ1) is 15.5. The highest BCUT2D eigenvalue weighted by Gasteiger charge is 2.29. The number of aromatic nitrogens is 3. The fourth-order valence-corrected chi connectivity index (χ4v) is 3.21. The standard InChI is InChI=1S/C16H21ClN4O/c1-3-14(12-4-6-13(17)7-5-12)21-8-9-22-15(10-21)16-19-18-11-20(16)2/h4-7,11,14-15H,3,8-10H2,1-2H3/t14-,15+/m0/s1. The van der Waals surface area contributed by atoms with Gasteiger partial charge in [0.25, 0.3) is 0 Å². The lowest BCUT2D eigenvalue weighted by Gasteiger charge is -2.37. The molecule has 1 saturated heterocycles. The van der Waals surface area contributed by atoms with E-state index in [4.69, 9.17) is 16.3 Å². The highest BCUT2D eigenvalue weighted by molar-refractivity contribution is 6.30. The molecule has 22 heavy (non-hydrogen) atoms. The number of ether oxygens (including phenoxy) is 1. The summed E-state index contributed by atoms with van der Waals surface area (Å²) in [5.41, 5.74) is 1.30. The summed E-state index contributed by atoms with van der Waals surface area (Å²) in [4.78, 5) is 2.46. The number of hydrogen-bond donors (Lipinski definition) is 0. The average Bonchev–Trinajstić information content (AvgIpc) is 2.96. The fourth-order valence-electron chi connectivity index (χ4n) is 3.08. The van der Waals surface area contributed by atoms with Gasteiger partial charge in [0, 0.05) is 31.2 Å². The van der Waals surface area contributed by atoms with Gasteiger partial charge in [0.2, 0.25) is 0 Å². The number of nitrogens with zero attached hydrogens (tertiary/aromatic N) is 4. The van der Waals surface area contributed by atoms with Gasteiger partial charge in [-0.3, -0.25) is 4.90 Å². The highest BCUT2D eigenvalue weighted by Crippen LogP contribution is 2.30. The lowest BCUT2D eigenvalue weighted by atomic mass is 10.0. The van der Waals surface area contributed by atoms with E-state index in [0.29, 0.717) is 12.6 Å². The zero-order valence-electron chi connectivity index (χ0n) is 12.9. The smallest absolute Gasteiger partial charge is 0.163 e. The number of benzene rings is 1. The van der Waals surface area contributed by atoms with Crippen molar-refractivity contribution in [1.29, 1.82) is 0 Å². The van der Waals surface area contributed by atoms with Crippen molar-refractivity contribution in [1.82, 2.24) is 19.7 Å². The van der Waals surface area contributed by atoms with Crippen LogP contribution in [0.25, 0.3) is 0 Å². The second-order valence-electron chi connectivity index (χ2n) is 5.63. The van der Waals surface area contributed by atoms with E-state index in [1.54, 1.807) is 6.33 Å². The number of morpholine rings is 1. The van der Waals surface area contributed by atoms with Crippen molar-refractivity contribution >= 4 is 11.6 Å². The number of halogens is 1. The third-order valence-corrected chi connectivity index (χ3v) is 4.47. The fraction of sp³-hybridized carbons (Fsp3) is 0.500. The van der Waals surface area contributed by atoms with Crippen molar-refractivity contribution in [3.63, 3.8) is 0 Å². The first-order valence-electron chi connectivity index (χ1n) is 7.64. The van der Waals surface area contributed by atoms with Crippen LogP contribution >= 0.6 is 11.6 Å². The minimum Gasteiger partial charge on any atom is -0.368 e. The molecular weight excluding hydrogens is 300 g/mol. The van der Waals surface area contributed by atoms with Crippen LogP contribution in [-0.4, -0.2) is 39.4 Å². The quantitative estimate of drug-likeness (QED) is 0.868. The Balaban J connectivity index is 1.77. The monoisotopic (exact) mass is 320 g/mol. The summed E-state index contributed by atoms with van der Waals surface area (Å²) >= 11 is 6.00. The molecule has 2 heterocycles. The van der Waals surface area contributed by atoms with E-state index in [-0.39, 0.29) is 6.10 Å². The first-order chi connectivity index (χ1) is 10.7. The molecule has 1 aliphatic heterocycles. The Morgan fingerprint density at radius 2 is 2.14 bits per heavy atom. The van der Waals surface area contributed by atoms with E-state index < -0.39 is 0 Å². The van der Waals surface area contributed by atoms with Gasteiger partial charge < -0.3 is 9.30 Å². The van der Waals surface area contributed by atoms with Crippen molar-refractivity contribution in [2.75, 3.05) is 19.7 Å². The molecule has 0 bridgehead atoms. The van der Waals surface area contributed by atoms with E-state index in [1.807, 2.05) is 23.7 Å². The van der Waals surface area contributed by atoms with Gasteiger partial charge in [0.1, 0.15) is 12.4 Å². The van der Waals surface area contributed by atoms with Crippen molar-refractivity contribution in [2.45, 2.75) is 25.5 Å². The van der Waals surface area contributed by atoms with E-state index in [9.17, 15) is 0 Å². The van der Waals surface area contributed by atoms with E-state index >= 15 is 0 Å². The molecule has 118 valence electrons. The normalized spacial score (nSPS) is 21.0. The summed E-state index contributed by atoms with van der Waals surface area (Å²) in [6.45, 7) is 4.68. The Hall–Kier alpha value is -1.43. The molecule has 1 aliphatic rings. The summed E-state index contributed by atoms with van der Waals surface area (Å²) < 4.78 is 7.82. The van der Waals surface area contributed by atoms with Crippen LogP contribution in [0.3, 0.4) is 0 Å². The molecule has 2 atom stereocenters. The molecule has 3 rings (SSSR count). The van der Waals surface area contributed by atoms with Crippen LogP contribution in [0, 0.1) is 0 Å². The molecule has 0 aliphatic carbocycles. The third kappa shape index (κ3) is 3.16. The summed E-state index contributed by atoms with van der Waals surface area (Å²) in [5.74, 6) is 0.885. The van der Waals surface area contributed by atoms with Crippen LogP contribution in [0.1, 0.15) is 36.9 Å². The average molecular weight is 321 g/mol. The first-order valence-corrected chi connectivity index (χ1v) is 8.02. The van der Waals surface area contributed by atoms with Crippen molar-refractivity contribution < 1.29 is 4.74 Å². The van der Waals surface area contributed by atoms with Crippen LogP contribution in [0.15, 0.2) is 30.6 Å². The van der Waals surface area contributed by atoms with E-state index in [2.05, 4.69) is 34.2 Å². The lowest BCUT2D eigenvalue weighted by molar-refractivity contribution is -0.0513. The summed E-state index contributed by atoms with van der Waals surface area (Å²) in [7, 11) is 1.95. The van der Waals surface area contributed by atoms with Gasteiger partial charge in [-0.15, -0.1) is 10.2 Å². The molecular formula is C16H21ClN4O. The Kier molecular flexibility index (Phi) is 4.76. The Morgan fingerprint density at radius 1 is 1.36 bits per heavy atom. The van der Waals surface area contributed by atoms with Gasteiger partial charge in [-0.25, -0.2) is 0 Å². The topological polar surface area (TPSA) is 43.2 Å². The second-order valence-corrected chi connectivity index (χ2v) is 6.07. The maximum absolute atomic E-state index is 6.00. The van der Waals surface area contributed by atoms with Crippen LogP contribution in [-0.2, 0) is 11.8 Å². The summed E-state index contributed by atoms with van der Waals surface area (Å²) in [6, 6.07) is 8.52. The van der Waals surface area contributed by atoms with Gasteiger partial charge in [-0.1, -0.05) is 30.7 Å². The summed E-state index contributed by atoms with van der Waals surface area (Å²) in [6.07, 6.45) is 2.74. The molecule has 1 aromatic heterocycles. The van der Waals surface area contributed by atoms with Gasteiger partial charge in [-0.05, 0) is 24.1 Å². The van der Waals surface area contributed by atoms with E-state index in [1.165, 1.54) is 5.56 Å². The van der Waals surface area contributed by atoms with Crippen molar-refractivity contribution in [3.8, 4) is 0 Å². The predicted molar refractivity (Wildman–Crippen MR) is 85.8 cm³/mol. The second kappa shape index (κ2) is 6.77. The molecule has 0 N–H and O–H groups in total. The van der Waals surface area contributed by atoms with Gasteiger partial charge >= 0.3 is 0 Å². The molecule has 0 saturated carbocycles. The SMILES string of the molecule is CC[C@@H](c1ccc(Cl)cc1)N1CCO[C@@H](c2nncn2C)C1. The number of aryl methyl sites for hydroxylation is 1. The number of rotatable bonds is 4. The van der Waals surface area contributed by atoms with Crippen LogP contribution < -0.4 is 0 Å². The molecule has 0 unspecified atom stereocenters. The van der Waals surface area contributed by atoms with Crippen molar-refractivity contribution in [3.05, 3.63) is 47.0 Å². The maximum atomic E-state index is 6.00. The number of hydrogen-bond acceptors (Lipinski definition) is 4. The molecule has 6 heteroatoms. The molecule has 0 radical (unpaired) electrons. The largest absolute Gasteiger partial charge is 0.368 e. The zero-order chi connectivity index (χ0) is 15.5. The van der Waals surface area contributed by atoms with Crippen LogP contribution in [0.4, 0.5) is 0 Å².